The van der Waals surface area contributed by atoms with E-state index in [1.54, 1.807) is 6.07 Å². The summed E-state index contributed by atoms with van der Waals surface area (Å²) < 4.78 is 5.58. The highest BCUT2D eigenvalue weighted by atomic mass is 16.5. The van der Waals surface area contributed by atoms with Crippen LogP contribution in [0.3, 0.4) is 0 Å². The Hall–Kier alpha value is -1.04. The summed E-state index contributed by atoms with van der Waals surface area (Å²) in [5.74, 6) is 0.904. The Bertz CT molecular complexity index is 397. The summed E-state index contributed by atoms with van der Waals surface area (Å²) in [4.78, 5) is 0. The van der Waals surface area contributed by atoms with Crippen molar-refractivity contribution in [2.75, 3.05) is 20.7 Å². The topological polar surface area (TPSA) is 61.7 Å². The summed E-state index contributed by atoms with van der Waals surface area (Å²) in [6.45, 7) is 2.61. The lowest BCUT2D eigenvalue weighted by atomic mass is 9.72. The summed E-state index contributed by atoms with van der Waals surface area (Å²) in [5, 5.41) is 21.4. The first kappa shape index (κ1) is 16.0. The standard InChI is InChI=1S/C12H17BO3.C2H7N/c1-2-16-12-8-7-11(13(14)15)9-5-3-4-6-10(9)12;1-3-2/h7-8,14-15H,2-6H2,1H3;3H,1-2H3. The number of benzene rings is 1. The van der Waals surface area contributed by atoms with Gasteiger partial charge in [-0.25, -0.2) is 0 Å². The zero-order valence-corrected chi connectivity index (χ0v) is 12.1. The quantitative estimate of drug-likeness (QED) is 0.696. The molecule has 1 aliphatic carbocycles. The molecule has 0 aromatic heterocycles. The van der Waals surface area contributed by atoms with Crippen LogP contribution in [0.1, 0.15) is 30.9 Å². The van der Waals surface area contributed by atoms with E-state index in [2.05, 4.69) is 5.32 Å². The molecule has 0 saturated heterocycles. The maximum absolute atomic E-state index is 9.32. The molecule has 106 valence electrons. The van der Waals surface area contributed by atoms with Crippen LogP contribution >= 0.6 is 0 Å². The average molecular weight is 265 g/mol. The smallest absolute Gasteiger partial charge is 0.488 e. The lowest BCUT2D eigenvalue weighted by molar-refractivity contribution is 0.334. The zero-order chi connectivity index (χ0) is 14.3. The van der Waals surface area contributed by atoms with Gasteiger partial charge in [-0.15, -0.1) is 0 Å². The Balaban J connectivity index is 0.000000550. The van der Waals surface area contributed by atoms with Crippen molar-refractivity contribution in [3.63, 3.8) is 0 Å². The van der Waals surface area contributed by atoms with E-state index in [9.17, 15) is 10.0 Å². The van der Waals surface area contributed by atoms with Crippen molar-refractivity contribution < 1.29 is 14.8 Å². The molecule has 0 unspecified atom stereocenters. The van der Waals surface area contributed by atoms with E-state index in [1.807, 2.05) is 27.1 Å². The van der Waals surface area contributed by atoms with Crippen molar-refractivity contribution in [2.45, 2.75) is 32.6 Å². The van der Waals surface area contributed by atoms with E-state index in [4.69, 9.17) is 4.74 Å². The number of nitrogens with one attached hydrogen (secondary N) is 1. The number of hydrogen-bond donors (Lipinski definition) is 3. The molecular formula is C14H24BNO3. The van der Waals surface area contributed by atoms with Gasteiger partial charge in [0.05, 0.1) is 6.61 Å². The summed E-state index contributed by atoms with van der Waals surface area (Å²) in [7, 11) is 2.38. The van der Waals surface area contributed by atoms with Crippen molar-refractivity contribution in [1.82, 2.24) is 5.32 Å². The highest BCUT2D eigenvalue weighted by Gasteiger charge is 2.23. The molecule has 0 aliphatic heterocycles. The van der Waals surface area contributed by atoms with Crippen LogP contribution in [0, 0.1) is 0 Å². The number of hydrogen-bond acceptors (Lipinski definition) is 4. The SMILES string of the molecule is CCOc1ccc(B(O)O)c2c1CCCC2.CNC. The Kier molecular flexibility index (Phi) is 6.91. The van der Waals surface area contributed by atoms with Crippen molar-refractivity contribution in [3.05, 3.63) is 23.3 Å². The predicted molar refractivity (Wildman–Crippen MR) is 79.1 cm³/mol. The van der Waals surface area contributed by atoms with Gasteiger partial charge in [-0.2, -0.15) is 0 Å². The first-order valence-corrected chi connectivity index (χ1v) is 6.87. The first-order valence-electron chi connectivity index (χ1n) is 6.87. The maximum Gasteiger partial charge on any atom is 0.488 e. The van der Waals surface area contributed by atoms with Gasteiger partial charge in [0.25, 0.3) is 0 Å². The van der Waals surface area contributed by atoms with Gasteiger partial charge in [0.1, 0.15) is 5.75 Å². The molecule has 0 atom stereocenters. The molecule has 1 aliphatic rings. The van der Waals surface area contributed by atoms with Gasteiger partial charge in [0.15, 0.2) is 0 Å². The van der Waals surface area contributed by atoms with Crippen LogP contribution in [-0.4, -0.2) is 37.9 Å². The van der Waals surface area contributed by atoms with E-state index in [1.165, 1.54) is 5.56 Å². The van der Waals surface area contributed by atoms with Crippen LogP contribution in [0.5, 0.6) is 5.75 Å². The average Bonchev–Trinajstić information content (AvgIpc) is 2.40. The van der Waals surface area contributed by atoms with E-state index in [-0.39, 0.29) is 0 Å². The highest BCUT2D eigenvalue weighted by Crippen LogP contribution is 2.28. The van der Waals surface area contributed by atoms with Crippen molar-refractivity contribution in [2.24, 2.45) is 0 Å². The Labute approximate surface area is 115 Å². The summed E-state index contributed by atoms with van der Waals surface area (Å²) in [6.07, 6.45) is 4.16. The minimum absolute atomic E-state index is 0.637. The molecule has 0 bridgehead atoms. The van der Waals surface area contributed by atoms with Crippen LogP contribution in [0.4, 0.5) is 0 Å². The highest BCUT2D eigenvalue weighted by molar-refractivity contribution is 6.59. The number of rotatable bonds is 3. The van der Waals surface area contributed by atoms with E-state index >= 15 is 0 Å². The minimum atomic E-state index is -1.37. The van der Waals surface area contributed by atoms with E-state index in [0.29, 0.717) is 12.1 Å². The minimum Gasteiger partial charge on any atom is -0.494 e. The molecule has 19 heavy (non-hydrogen) atoms. The van der Waals surface area contributed by atoms with Crippen LogP contribution in [0.15, 0.2) is 12.1 Å². The molecule has 0 saturated carbocycles. The van der Waals surface area contributed by atoms with Gasteiger partial charge in [0.2, 0.25) is 0 Å². The summed E-state index contributed by atoms with van der Waals surface area (Å²) in [5.41, 5.74) is 2.88. The summed E-state index contributed by atoms with van der Waals surface area (Å²) in [6, 6.07) is 3.61. The van der Waals surface area contributed by atoms with Gasteiger partial charge < -0.3 is 20.1 Å². The second-order valence-electron chi connectivity index (χ2n) is 4.62. The second-order valence-corrected chi connectivity index (χ2v) is 4.62. The fourth-order valence-corrected chi connectivity index (χ4v) is 2.40. The monoisotopic (exact) mass is 265 g/mol. The maximum atomic E-state index is 9.32. The Morgan fingerprint density at radius 3 is 2.26 bits per heavy atom. The zero-order valence-electron chi connectivity index (χ0n) is 12.1. The lowest BCUT2D eigenvalue weighted by Gasteiger charge is -2.22. The molecular weight excluding hydrogens is 241 g/mol. The number of fused-ring (bicyclic) bond motifs is 1. The molecule has 2 rings (SSSR count). The normalized spacial score (nSPS) is 13.1. The van der Waals surface area contributed by atoms with Gasteiger partial charge in [-0.05, 0) is 69.4 Å². The van der Waals surface area contributed by atoms with Crippen LogP contribution in [0.25, 0.3) is 0 Å². The van der Waals surface area contributed by atoms with Crippen molar-refractivity contribution in [3.8, 4) is 5.75 Å². The first-order chi connectivity index (χ1) is 9.15. The van der Waals surface area contributed by atoms with Crippen LogP contribution < -0.4 is 15.5 Å². The largest absolute Gasteiger partial charge is 0.494 e. The fourth-order valence-electron chi connectivity index (χ4n) is 2.40. The fraction of sp³-hybridized carbons (Fsp3) is 0.571. The molecule has 0 amide bonds. The third-order valence-electron chi connectivity index (χ3n) is 3.11. The molecule has 4 nitrogen and oxygen atoms in total. The molecule has 0 radical (unpaired) electrons. The molecule has 0 fully saturated rings. The van der Waals surface area contributed by atoms with Gasteiger partial charge in [-0.3, -0.25) is 0 Å². The van der Waals surface area contributed by atoms with Crippen molar-refractivity contribution >= 4 is 12.6 Å². The third-order valence-corrected chi connectivity index (χ3v) is 3.11. The molecule has 3 N–H and O–H groups in total. The third kappa shape index (κ3) is 4.23. The molecule has 0 spiro atoms. The van der Waals surface area contributed by atoms with E-state index < -0.39 is 7.12 Å². The van der Waals surface area contributed by atoms with Gasteiger partial charge in [0, 0.05) is 0 Å². The number of ether oxygens (including phenoxy) is 1. The molecule has 0 heterocycles. The molecule has 1 aromatic carbocycles. The van der Waals surface area contributed by atoms with Crippen molar-refractivity contribution in [1.29, 1.82) is 0 Å². The Morgan fingerprint density at radius 2 is 1.74 bits per heavy atom. The van der Waals surface area contributed by atoms with Crippen LogP contribution in [0.2, 0.25) is 0 Å². The van der Waals surface area contributed by atoms with Gasteiger partial charge in [-0.1, -0.05) is 6.07 Å². The van der Waals surface area contributed by atoms with E-state index in [0.717, 1.165) is 37.0 Å². The second kappa shape index (κ2) is 8.20. The molecule has 5 heteroatoms. The Morgan fingerprint density at radius 1 is 1.16 bits per heavy atom. The van der Waals surface area contributed by atoms with Gasteiger partial charge >= 0.3 is 7.12 Å². The summed E-state index contributed by atoms with van der Waals surface area (Å²) >= 11 is 0. The van der Waals surface area contributed by atoms with Crippen LogP contribution in [-0.2, 0) is 12.8 Å². The lowest BCUT2D eigenvalue weighted by Crippen LogP contribution is -2.35. The predicted octanol–water partition coefficient (Wildman–Crippen LogP) is 0.479. The molecule has 1 aromatic rings.